The molecule has 7 nitrogen and oxygen atoms in total. The van der Waals surface area contributed by atoms with Crippen molar-refractivity contribution in [3.8, 4) is 0 Å². The molecule has 2 fully saturated rings. The normalized spacial score (nSPS) is 28.4. The lowest BCUT2D eigenvalue weighted by atomic mass is 9.85. The molecule has 7 heteroatoms. The average Bonchev–Trinajstić information content (AvgIpc) is 2.84. The third-order valence-electron chi connectivity index (χ3n) is 5.65. The SMILES string of the molecule is Cc1ccc(=O)n(CC2(O)C[C@@H]3CC[C@@H](C2)N3Cc2cnc(C)nc2)n1. The Kier molecular flexibility index (Phi) is 4.36. The van der Waals surface area contributed by atoms with Gasteiger partial charge in [0.25, 0.3) is 5.56 Å². The molecule has 0 amide bonds. The summed E-state index contributed by atoms with van der Waals surface area (Å²) >= 11 is 0. The van der Waals surface area contributed by atoms with E-state index in [1.807, 2.05) is 26.2 Å². The minimum absolute atomic E-state index is 0.157. The molecule has 0 spiro atoms. The summed E-state index contributed by atoms with van der Waals surface area (Å²) in [4.78, 5) is 23.1. The molecule has 2 atom stereocenters. The molecule has 2 aromatic rings. The van der Waals surface area contributed by atoms with E-state index in [4.69, 9.17) is 0 Å². The molecule has 0 unspecified atom stereocenters. The summed E-state index contributed by atoms with van der Waals surface area (Å²) in [6.45, 7) is 4.82. The molecular formula is C19H25N5O2. The summed E-state index contributed by atoms with van der Waals surface area (Å²) in [5.41, 5.74) is 0.856. The van der Waals surface area contributed by atoms with Gasteiger partial charge in [-0.25, -0.2) is 14.6 Å². The molecule has 2 bridgehead atoms. The van der Waals surface area contributed by atoms with Crippen LogP contribution in [0.2, 0.25) is 0 Å². The number of rotatable bonds is 4. The average molecular weight is 355 g/mol. The van der Waals surface area contributed by atoms with Crippen LogP contribution < -0.4 is 5.56 Å². The van der Waals surface area contributed by atoms with Crippen LogP contribution in [0.4, 0.5) is 0 Å². The quantitative estimate of drug-likeness (QED) is 0.887. The monoisotopic (exact) mass is 355 g/mol. The molecule has 0 saturated carbocycles. The maximum atomic E-state index is 12.1. The lowest BCUT2D eigenvalue weighted by Crippen LogP contribution is -2.53. The fourth-order valence-corrected chi connectivity index (χ4v) is 4.46. The van der Waals surface area contributed by atoms with Crippen molar-refractivity contribution in [3.63, 3.8) is 0 Å². The minimum atomic E-state index is -0.878. The van der Waals surface area contributed by atoms with Crippen LogP contribution in [0.3, 0.4) is 0 Å². The first-order valence-electron chi connectivity index (χ1n) is 9.22. The number of hydrogen-bond donors (Lipinski definition) is 1. The van der Waals surface area contributed by atoms with E-state index in [2.05, 4.69) is 20.0 Å². The molecule has 0 aliphatic carbocycles. The van der Waals surface area contributed by atoms with E-state index in [1.165, 1.54) is 10.7 Å². The molecule has 138 valence electrons. The molecule has 2 aliphatic heterocycles. The van der Waals surface area contributed by atoms with Crippen molar-refractivity contribution in [2.75, 3.05) is 0 Å². The third-order valence-corrected chi connectivity index (χ3v) is 5.65. The molecule has 0 aromatic carbocycles. The van der Waals surface area contributed by atoms with Gasteiger partial charge >= 0.3 is 0 Å². The van der Waals surface area contributed by atoms with Crippen LogP contribution in [0.15, 0.2) is 29.3 Å². The molecule has 0 radical (unpaired) electrons. The van der Waals surface area contributed by atoms with Crippen LogP contribution in [0.5, 0.6) is 0 Å². The largest absolute Gasteiger partial charge is 0.388 e. The van der Waals surface area contributed by atoms with Gasteiger partial charge in [-0.05, 0) is 45.6 Å². The Morgan fingerprint density at radius 1 is 1.15 bits per heavy atom. The van der Waals surface area contributed by atoms with Gasteiger partial charge in [0.15, 0.2) is 0 Å². The lowest BCUT2D eigenvalue weighted by molar-refractivity contribution is -0.0678. The number of piperidine rings is 1. The standard InChI is InChI=1S/C19H25N5O2/c1-13-3-6-18(25)24(22-13)12-19(26)7-16-4-5-17(8-19)23(16)11-15-9-20-14(2)21-10-15/h3,6,9-10,16-17,26H,4-5,7-8,11-12H2,1-2H3/t16-,17-/m0/s1. The highest BCUT2D eigenvalue weighted by Gasteiger charge is 2.47. The Labute approximate surface area is 152 Å². The molecule has 1 N–H and O–H groups in total. The molecule has 26 heavy (non-hydrogen) atoms. The van der Waals surface area contributed by atoms with Crippen LogP contribution in [0, 0.1) is 13.8 Å². The molecule has 4 heterocycles. The number of fused-ring (bicyclic) bond motifs is 2. The highest BCUT2D eigenvalue weighted by molar-refractivity contribution is 5.09. The van der Waals surface area contributed by atoms with Gasteiger partial charge in [0.2, 0.25) is 0 Å². The van der Waals surface area contributed by atoms with Gasteiger partial charge in [-0.15, -0.1) is 0 Å². The first-order chi connectivity index (χ1) is 12.4. The van der Waals surface area contributed by atoms with Crippen LogP contribution in [-0.2, 0) is 13.1 Å². The smallest absolute Gasteiger partial charge is 0.266 e. The van der Waals surface area contributed by atoms with Gasteiger partial charge < -0.3 is 5.11 Å². The van der Waals surface area contributed by atoms with Gasteiger partial charge in [-0.2, -0.15) is 5.10 Å². The first-order valence-corrected chi connectivity index (χ1v) is 9.22. The van der Waals surface area contributed by atoms with Gasteiger partial charge in [-0.3, -0.25) is 9.69 Å². The Balaban J connectivity index is 1.49. The van der Waals surface area contributed by atoms with E-state index >= 15 is 0 Å². The summed E-state index contributed by atoms with van der Waals surface area (Å²) in [5, 5.41) is 15.5. The number of nitrogens with zero attached hydrogens (tertiary/aromatic N) is 5. The first kappa shape index (κ1) is 17.3. The van der Waals surface area contributed by atoms with Gasteiger partial charge in [-0.1, -0.05) is 0 Å². The molecular weight excluding hydrogens is 330 g/mol. The fraction of sp³-hybridized carbons (Fsp3) is 0.579. The number of aromatic nitrogens is 4. The zero-order valence-electron chi connectivity index (χ0n) is 15.3. The van der Waals surface area contributed by atoms with Crippen molar-refractivity contribution < 1.29 is 5.11 Å². The second-order valence-electron chi connectivity index (χ2n) is 7.80. The summed E-state index contributed by atoms with van der Waals surface area (Å²) in [6.07, 6.45) is 7.26. The zero-order chi connectivity index (χ0) is 18.3. The Morgan fingerprint density at radius 3 is 2.46 bits per heavy atom. The predicted octanol–water partition coefficient (Wildman–Crippen LogP) is 1.21. The number of aliphatic hydroxyl groups is 1. The summed E-state index contributed by atoms with van der Waals surface area (Å²) < 4.78 is 1.41. The number of aryl methyl sites for hydroxylation is 2. The number of hydrogen-bond acceptors (Lipinski definition) is 6. The van der Waals surface area contributed by atoms with Crippen LogP contribution in [0.1, 0.15) is 42.8 Å². The van der Waals surface area contributed by atoms with Gasteiger partial charge in [0.05, 0.1) is 17.8 Å². The molecule has 2 aliphatic rings. The van der Waals surface area contributed by atoms with Crippen molar-refractivity contribution in [2.45, 2.75) is 70.3 Å². The second-order valence-corrected chi connectivity index (χ2v) is 7.80. The van der Waals surface area contributed by atoms with Crippen molar-refractivity contribution in [1.82, 2.24) is 24.6 Å². The van der Waals surface area contributed by atoms with E-state index in [0.717, 1.165) is 36.5 Å². The fourth-order valence-electron chi connectivity index (χ4n) is 4.46. The summed E-state index contributed by atoms with van der Waals surface area (Å²) in [7, 11) is 0. The van der Waals surface area contributed by atoms with E-state index in [0.29, 0.717) is 24.9 Å². The highest BCUT2D eigenvalue weighted by atomic mass is 16.3. The van der Waals surface area contributed by atoms with E-state index < -0.39 is 5.60 Å². The van der Waals surface area contributed by atoms with Crippen LogP contribution in [-0.4, -0.2) is 47.4 Å². The summed E-state index contributed by atoms with van der Waals surface area (Å²) in [5.74, 6) is 0.779. The van der Waals surface area contributed by atoms with E-state index in [9.17, 15) is 9.90 Å². The third kappa shape index (κ3) is 3.41. The minimum Gasteiger partial charge on any atom is -0.388 e. The molecule has 2 saturated heterocycles. The Hall–Kier alpha value is -2.12. The maximum Gasteiger partial charge on any atom is 0.266 e. The van der Waals surface area contributed by atoms with Crippen molar-refractivity contribution >= 4 is 0 Å². The second kappa shape index (κ2) is 6.55. The topological polar surface area (TPSA) is 84.1 Å². The summed E-state index contributed by atoms with van der Waals surface area (Å²) in [6, 6.07) is 3.87. The molecule has 2 aromatic heterocycles. The Bertz CT molecular complexity index is 834. The van der Waals surface area contributed by atoms with Crippen LogP contribution in [0.25, 0.3) is 0 Å². The van der Waals surface area contributed by atoms with E-state index in [-0.39, 0.29) is 12.1 Å². The molecule has 4 rings (SSSR count). The van der Waals surface area contributed by atoms with Gasteiger partial charge in [0.1, 0.15) is 5.82 Å². The van der Waals surface area contributed by atoms with Crippen LogP contribution >= 0.6 is 0 Å². The highest BCUT2D eigenvalue weighted by Crippen LogP contribution is 2.42. The van der Waals surface area contributed by atoms with Crippen molar-refractivity contribution in [3.05, 3.63) is 52.0 Å². The maximum absolute atomic E-state index is 12.1. The Morgan fingerprint density at radius 2 is 1.81 bits per heavy atom. The van der Waals surface area contributed by atoms with Gasteiger partial charge in [0, 0.05) is 42.7 Å². The predicted molar refractivity (Wildman–Crippen MR) is 96.5 cm³/mol. The van der Waals surface area contributed by atoms with E-state index in [1.54, 1.807) is 6.07 Å². The van der Waals surface area contributed by atoms with Crippen molar-refractivity contribution in [2.24, 2.45) is 0 Å². The zero-order valence-corrected chi connectivity index (χ0v) is 15.3. The lowest BCUT2D eigenvalue weighted by Gasteiger charge is -2.43. The van der Waals surface area contributed by atoms with Crippen molar-refractivity contribution in [1.29, 1.82) is 0 Å².